The summed E-state index contributed by atoms with van der Waals surface area (Å²) in [4.78, 5) is 21.6. The fraction of sp³-hybridized carbons (Fsp3) is 0.429. The van der Waals surface area contributed by atoms with Gasteiger partial charge < -0.3 is 15.0 Å². The number of nitrogens with one attached hydrogen (secondary N) is 1. The summed E-state index contributed by atoms with van der Waals surface area (Å²) >= 11 is 0. The van der Waals surface area contributed by atoms with Gasteiger partial charge in [0.15, 0.2) is 0 Å². The molecule has 0 aliphatic carbocycles. The molecule has 2 aliphatic rings. The minimum absolute atomic E-state index is 0.109. The van der Waals surface area contributed by atoms with Crippen LogP contribution in [0.5, 0.6) is 0 Å². The molecule has 0 bridgehead atoms. The summed E-state index contributed by atoms with van der Waals surface area (Å²) in [5, 5.41) is 2.99. The highest BCUT2D eigenvalue weighted by atomic mass is 16.5. The van der Waals surface area contributed by atoms with E-state index < -0.39 is 0 Å². The van der Waals surface area contributed by atoms with Crippen LogP contribution in [0.25, 0.3) is 0 Å². The minimum Gasteiger partial charge on any atom is -0.379 e. The van der Waals surface area contributed by atoms with Crippen LogP contribution in [-0.4, -0.2) is 61.7 Å². The van der Waals surface area contributed by atoms with E-state index in [1.54, 1.807) is 6.07 Å². The maximum absolute atomic E-state index is 12.5. The Balaban J connectivity index is 1.35. The maximum atomic E-state index is 12.5. The predicted molar refractivity (Wildman–Crippen MR) is 105 cm³/mol. The lowest BCUT2D eigenvalue weighted by atomic mass is 10.00. The molecule has 1 saturated heterocycles. The molecule has 0 atom stereocenters. The number of benzene rings is 1. The highest BCUT2D eigenvalue weighted by Gasteiger charge is 2.18. The number of carbonyl (C=O) groups excluding carboxylic acids is 1. The first kappa shape index (κ1) is 17.9. The van der Waals surface area contributed by atoms with Crippen LogP contribution in [0.4, 0.5) is 5.82 Å². The largest absolute Gasteiger partial charge is 0.379 e. The van der Waals surface area contributed by atoms with Gasteiger partial charge in [-0.05, 0) is 29.7 Å². The fourth-order valence-corrected chi connectivity index (χ4v) is 3.66. The minimum atomic E-state index is -0.109. The van der Waals surface area contributed by atoms with Crippen LogP contribution in [-0.2, 0) is 17.7 Å². The summed E-state index contributed by atoms with van der Waals surface area (Å²) < 4.78 is 5.35. The molecule has 3 heterocycles. The van der Waals surface area contributed by atoms with Gasteiger partial charge in [-0.2, -0.15) is 0 Å². The van der Waals surface area contributed by atoms with Crippen molar-refractivity contribution in [2.75, 3.05) is 50.8 Å². The third-order valence-corrected chi connectivity index (χ3v) is 5.24. The summed E-state index contributed by atoms with van der Waals surface area (Å²) in [6.45, 7) is 6.64. The van der Waals surface area contributed by atoms with E-state index in [4.69, 9.17) is 4.74 Å². The Kier molecular flexibility index (Phi) is 5.65. The number of carbonyl (C=O) groups is 1. The van der Waals surface area contributed by atoms with Crippen molar-refractivity contribution in [3.8, 4) is 0 Å². The Labute approximate surface area is 160 Å². The van der Waals surface area contributed by atoms with Crippen molar-refractivity contribution >= 4 is 11.7 Å². The van der Waals surface area contributed by atoms with Crippen LogP contribution in [0.1, 0.15) is 21.6 Å². The van der Waals surface area contributed by atoms with Crippen LogP contribution < -0.4 is 10.2 Å². The molecule has 1 fully saturated rings. The smallest absolute Gasteiger partial charge is 0.270 e. The average Bonchev–Trinajstić information content (AvgIpc) is 2.74. The molecule has 2 aromatic rings. The molecule has 1 aromatic heterocycles. The molecule has 27 heavy (non-hydrogen) atoms. The summed E-state index contributed by atoms with van der Waals surface area (Å²) in [7, 11) is 0. The lowest BCUT2D eigenvalue weighted by Crippen LogP contribution is -2.41. The van der Waals surface area contributed by atoms with E-state index in [2.05, 4.69) is 44.4 Å². The molecule has 0 unspecified atom stereocenters. The number of morpholine rings is 1. The molecule has 1 N–H and O–H groups in total. The van der Waals surface area contributed by atoms with Crippen molar-refractivity contribution in [1.29, 1.82) is 0 Å². The quantitative estimate of drug-likeness (QED) is 0.873. The molecule has 0 radical (unpaired) electrons. The van der Waals surface area contributed by atoms with Gasteiger partial charge in [0.2, 0.25) is 0 Å². The van der Waals surface area contributed by atoms with E-state index >= 15 is 0 Å². The molecular weight excluding hydrogens is 340 g/mol. The van der Waals surface area contributed by atoms with Gasteiger partial charge >= 0.3 is 0 Å². The van der Waals surface area contributed by atoms with Crippen molar-refractivity contribution in [1.82, 2.24) is 15.2 Å². The SMILES string of the molecule is O=C(NCCN1CCOCC1)c1cccc(N2CCc3ccccc3C2)n1. The molecule has 6 nitrogen and oxygen atoms in total. The normalized spacial score (nSPS) is 17.4. The van der Waals surface area contributed by atoms with Gasteiger partial charge in [0.25, 0.3) is 5.91 Å². The molecule has 0 saturated carbocycles. The molecule has 1 amide bonds. The Hall–Kier alpha value is -2.44. The summed E-state index contributed by atoms with van der Waals surface area (Å²) in [5.41, 5.74) is 3.23. The molecule has 0 spiro atoms. The molecule has 1 aromatic carbocycles. The fourth-order valence-electron chi connectivity index (χ4n) is 3.66. The zero-order valence-electron chi connectivity index (χ0n) is 15.6. The standard InChI is InChI=1S/C21H26N4O2/c26-21(22-9-11-24-12-14-27-15-13-24)19-6-3-7-20(23-19)25-10-8-17-4-1-2-5-18(17)16-25/h1-7H,8-16H2,(H,22,26). The lowest BCUT2D eigenvalue weighted by molar-refractivity contribution is 0.0383. The molecule has 4 rings (SSSR count). The van der Waals surface area contributed by atoms with Crippen molar-refractivity contribution in [2.24, 2.45) is 0 Å². The summed E-state index contributed by atoms with van der Waals surface area (Å²) in [5.74, 6) is 0.757. The van der Waals surface area contributed by atoms with E-state index in [1.807, 2.05) is 12.1 Å². The van der Waals surface area contributed by atoms with Gasteiger partial charge in [-0.25, -0.2) is 4.98 Å². The van der Waals surface area contributed by atoms with Crippen LogP contribution in [0.15, 0.2) is 42.5 Å². The number of nitrogens with zero attached hydrogens (tertiary/aromatic N) is 3. The lowest BCUT2D eigenvalue weighted by Gasteiger charge is -2.30. The van der Waals surface area contributed by atoms with Crippen LogP contribution >= 0.6 is 0 Å². The van der Waals surface area contributed by atoms with Crippen LogP contribution in [0.3, 0.4) is 0 Å². The topological polar surface area (TPSA) is 57.7 Å². The van der Waals surface area contributed by atoms with Crippen LogP contribution in [0, 0.1) is 0 Å². The monoisotopic (exact) mass is 366 g/mol. The highest BCUT2D eigenvalue weighted by Crippen LogP contribution is 2.23. The first-order chi connectivity index (χ1) is 13.3. The van der Waals surface area contributed by atoms with E-state index in [-0.39, 0.29) is 5.91 Å². The van der Waals surface area contributed by atoms with Gasteiger partial charge in [0.1, 0.15) is 11.5 Å². The van der Waals surface area contributed by atoms with Crippen molar-refractivity contribution in [2.45, 2.75) is 13.0 Å². The van der Waals surface area contributed by atoms with E-state index in [0.717, 1.165) is 58.2 Å². The van der Waals surface area contributed by atoms with E-state index in [1.165, 1.54) is 11.1 Å². The number of aromatic nitrogens is 1. The number of hydrogen-bond acceptors (Lipinski definition) is 5. The number of ether oxygens (including phenoxy) is 1. The zero-order chi connectivity index (χ0) is 18.5. The average molecular weight is 366 g/mol. The highest BCUT2D eigenvalue weighted by molar-refractivity contribution is 5.92. The van der Waals surface area contributed by atoms with Gasteiger partial charge in [-0.1, -0.05) is 30.3 Å². The number of hydrogen-bond donors (Lipinski definition) is 1. The Morgan fingerprint density at radius 1 is 1.04 bits per heavy atom. The van der Waals surface area contributed by atoms with E-state index in [9.17, 15) is 4.79 Å². The van der Waals surface area contributed by atoms with Gasteiger partial charge in [0, 0.05) is 39.3 Å². The van der Waals surface area contributed by atoms with Gasteiger partial charge in [0.05, 0.1) is 13.2 Å². The first-order valence-electron chi connectivity index (χ1n) is 9.67. The molecule has 2 aliphatic heterocycles. The first-order valence-corrected chi connectivity index (χ1v) is 9.67. The van der Waals surface area contributed by atoms with Crippen molar-refractivity contribution in [3.63, 3.8) is 0 Å². The maximum Gasteiger partial charge on any atom is 0.270 e. The second-order valence-electron chi connectivity index (χ2n) is 7.03. The van der Waals surface area contributed by atoms with Gasteiger partial charge in [-0.15, -0.1) is 0 Å². The van der Waals surface area contributed by atoms with E-state index in [0.29, 0.717) is 12.2 Å². The Morgan fingerprint density at radius 2 is 1.85 bits per heavy atom. The summed E-state index contributed by atoms with van der Waals surface area (Å²) in [6.07, 6.45) is 1.01. The van der Waals surface area contributed by atoms with Gasteiger partial charge in [-0.3, -0.25) is 9.69 Å². The number of pyridine rings is 1. The number of amides is 1. The number of rotatable bonds is 5. The Morgan fingerprint density at radius 3 is 2.70 bits per heavy atom. The third kappa shape index (κ3) is 4.46. The third-order valence-electron chi connectivity index (χ3n) is 5.24. The molecule has 142 valence electrons. The zero-order valence-corrected chi connectivity index (χ0v) is 15.6. The molecule has 6 heteroatoms. The second kappa shape index (κ2) is 8.50. The van der Waals surface area contributed by atoms with Crippen molar-refractivity contribution in [3.05, 3.63) is 59.3 Å². The number of fused-ring (bicyclic) bond motifs is 1. The second-order valence-corrected chi connectivity index (χ2v) is 7.03. The number of anilines is 1. The summed E-state index contributed by atoms with van der Waals surface area (Å²) in [6, 6.07) is 14.2. The predicted octanol–water partition coefficient (Wildman–Crippen LogP) is 1.71. The molecular formula is C21H26N4O2. The van der Waals surface area contributed by atoms with Crippen LogP contribution in [0.2, 0.25) is 0 Å². The van der Waals surface area contributed by atoms with Crippen molar-refractivity contribution < 1.29 is 9.53 Å². The Bertz CT molecular complexity index is 789.